The summed E-state index contributed by atoms with van der Waals surface area (Å²) >= 11 is 3.49. The number of aryl methyl sites for hydroxylation is 1. The van der Waals surface area contributed by atoms with Crippen molar-refractivity contribution in [3.8, 4) is 5.75 Å². The van der Waals surface area contributed by atoms with Gasteiger partial charge in [0.15, 0.2) is 5.76 Å². The molecule has 0 unspecified atom stereocenters. The SMILES string of the molecule is Cc1ccc(C(=O)N/N=C/c2ccc(OCc3ccccc3)c(Br)c2)o1. The van der Waals surface area contributed by atoms with E-state index in [9.17, 15) is 4.79 Å². The van der Waals surface area contributed by atoms with E-state index in [0.717, 1.165) is 21.3 Å². The third kappa shape index (κ3) is 4.83. The Hall–Kier alpha value is -2.86. The molecule has 6 heteroatoms. The Kier molecular flexibility index (Phi) is 5.86. The molecule has 132 valence electrons. The van der Waals surface area contributed by atoms with Gasteiger partial charge < -0.3 is 9.15 Å². The van der Waals surface area contributed by atoms with Gasteiger partial charge in [0.2, 0.25) is 0 Å². The first kappa shape index (κ1) is 17.9. The molecule has 0 bridgehead atoms. The molecule has 3 rings (SSSR count). The number of hydrazone groups is 1. The summed E-state index contributed by atoms with van der Waals surface area (Å²) in [5.74, 6) is 1.25. The van der Waals surface area contributed by atoms with Crippen LogP contribution < -0.4 is 10.2 Å². The molecule has 2 aromatic carbocycles. The van der Waals surface area contributed by atoms with Gasteiger partial charge in [0.05, 0.1) is 10.7 Å². The van der Waals surface area contributed by atoms with E-state index in [0.29, 0.717) is 12.4 Å². The summed E-state index contributed by atoms with van der Waals surface area (Å²) in [6.45, 7) is 2.27. The first-order chi connectivity index (χ1) is 12.6. The number of carbonyl (C=O) groups is 1. The first-order valence-corrected chi connectivity index (χ1v) is 8.77. The van der Waals surface area contributed by atoms with Crippen LogP contribution in [-0.4, -0.2) is 12.1 Å². The zero-order valence-electron chi connectivity index (χ0n) is 14.1. The number of carbonyl (C=O) groups excluding carboxylic acids is 1. The van der Waals surface area contributed by atoms with Crippen molar-refractivity contribution in [2.75, 3.05) is 0 Å². The smallest absolute Gasteiger partial charge is 0.307 e. The number of halogens is 1. The van der Waals surface area contributed by atoms with E-state index in [2.05, 4.69) is 26.5 Å². The average Bonchev–Trinajstić information content (AvgIpc) is 3.08. The van der Waals surface area contributed by atoms with Crippen molar-refractivity contribution in [2.45, 2.75) is 13.5 Å². The molecule has 0 aliphatic rings. The minimum Gasteiger partial charge on any atom is -0.488 e. The molecule has 3 aromatic rings. The maximum Gasteiger partial charge on any atom is 0.307 e. The molecular weight excluding hydrogens is 396 g/mol. The zero-order valence-corrected chi connectivity index (χ0v) is 15.7. The topological polar surface area (TPSA) is 63.8 Å². The number of rotatable bonds is 6. The monoisotopic (exact) mass is 412 g/mol. The minimum atomic E-state index is -0.392. The van der Waals surface area contributed by atoms with Gasteiger partial charge in [0.25, 0.3) is 0 Å². The number of nitrogens with one attached hydrogen (secondary N) is 1. The van der Waals surface area contributed by atoms with Crippen LogP contribution in [0.15, 0.2) is 74.7 Å². The van der Waals surface area contributed by atoms with Crippen molar-refractivity contribution in [2.24, 2.45) is 5.10 Å². The Morgan fingerprint density at radius 2 is 2.00 bits per heavy atom. The molecular formula is C20H17BrN2O3. The predicted octanol–water partition coefficient (Wildman–Crippen LogP) is 4.69. The van der Waals surface area contributed by atoms with Crippen LogP contribution in [0.25, 0.3) is 0 Å². The fraction of sp³-hybridized carbons (Fsp3) is 0.100. The molecule has 0 fully saturated rings. The number of ether oxygens (including phenoxy) is 1. The highest BCUT2D eigenvalue weighted by molar-refractivity contribution is 9.10. The molecule has 1 heterocycles. The standard InChI is InChI=1S/C20H17BrN2O3/c1-14-7-9-19(26-14)20(24)23-22-12-16-8-10-18(17(21)11-16)25-13-15-5-3-2-4-6-15/h2-12H,13H2,1H3,(H,23,24)/b22-12+. The van der Waals surface area contributed by atoms with Crippen molar-refractivity contribution in [1.29, 1.82) is 0 Å². The second-order valence-corrected chi connectivity index (χ2v) is 6.43. The number of hydrogen-bond acceptors (Lipinski definition) is 4. The fourth-order valence-electron chi connectivity index (χ4n) is 2.23. The van der Waals surface area contributed by atoms with Crippen molar-refractivity contribution >= 4 is 28.1 Å². The molecule has 0 radical (unpaired) electrons. The Morgan fingerprint density at radius 1 is 1.19 bits per heavy atom. The van der Waals surface area contributed by atoms with Crippen LogP contribution in [0.2, 0.25) is 0 Å². The van der Waals surface area contributed by atoms with Gasteiger partial charge in [0.1, 0.15) is 18.1 Å². The van der Waals surface area contributed by atoms with Crippen LogP contribution in [0.1, 0.15) is 27.4 Å². The van der Waals surface area contributed by atoms with Crippen molar-refractivity contribution in [3.63, 3.8) is 0 Å². The van der Waals surface area contributed by atoms with Gasteiger partial charge in [-0.05, 0) is 64.3 Å². The van der Waals surface area contributed by atoms with Crippen LogP contribution in [0.3, 0.4) is 0 Å². The van der Waals surface area contributed by atoms with Gasteiger partial charge >= 0.3 is 5.91 Å². The molecule has 1 aromatic heterocycles. The summed E-state index contributed by atoms with van der Waals surface area (Å²) < 4.78 is 11.9. The van der Waals surface area contributed by atoms with Crippen LogP contribution in [0.5, 0.6) is 5.75 Å². The summed E-state index contributed by atoms with van der Waals surface area (Å²) in [5.41, 5.74) is 4.35. The van der Waals surface area contributed by atoms with E-state index < -0.39 is 5.91 Å². The molecule has 1 N–H and O–H groups in total. The zero-order chi connectivity index (χ0) is 18.4. The Labute approximate surface area is 159 Å². The number of furan rings is 1. The van der Waals surface area contributed by atoms with Crippen molar-refractivity contribution in [1.82, 2.24) is 5.43 Å². The van der Waals surface area contributed by atoms with E-state index in [1.165, 1.54) is 0 Å². The molecule has 0 saturated carbocycles. The third-order valence-corrected chi connectivity index (χ3v) is 4.16. The minimum absolute atomic E-state index is 0.227. The number of benzene rings is 2. The summed E-state index contributed by atoms with van der Waals surface area (Å²) in [4.78, 5) is 11.8. The lowest BCUT2D eigenvalue weighted by molar-refractivity contribution is 0.0926. The second-order valence-electron chi connectivity index (χ2n) is 5.57. The molecule has 1 amide bonds. The largest absolute Gasteiger partial charge is 0.488 e. The highest BCUT2D eigenvalue weighted by Crippen LogP contribution is 2.26. The van der Waals surface area contributed by atoms with Gasteiger partial charge in [0, 0.05) is 0 Å². The van der Waals surface area contributed by atoms with Gasteiger partial charge in [-0.1, -0.05) is 30.3 Å². The summed E-state index contributed by atoms with van der Waals surface area (Å²) in [7, 11) is 0. The number of nitrogens with zero attached hydrogens (tertiary/aromatic N) is 1. The molecule has 0 aliphatic heterocycles. The summed E-state index contributed by atoms with van der Waals surface area (Å²) in [6.07, 6.45) is 1.55. The van der Waals surface area contributed by atoms with E-state index in [4.69, 9.17) is 9.15 Å². The van der Waals surface area contributed by atoms with Crippen molar-refractivity contribution < 1.29 is 13.9 Å². The van der Waals surface area contributed by atoms with E-state index in [-0.39, 0.29) is 5.76 Å². The Balaban J connectivity index is 1.57. The van der Waals surface area contributed by atoms with Gasteiger partial charge in [-0.15, -0.1) is 0 Å². The highest BCUT2D eigenvalue weighted by Gasteiger charge is 2.08. The molecule has 0 atom stereocenters. The number of amides is 1. The van der Waals surface area contributed by atoms with Gasteiger partial charge in [-0.25, -0.2) is 5.43 Å². The van der Waals surface area contributed by atoms with E-state index in [1.54, 1.807) is 25.3 Å². The molecule has 0 saturated heterocycles. The van der Waals surface area contributed by atoms with Crippen LogP contribution in [-0.2, 0) is 6.61 Å². The third-order valence-electron chi connectivity index (χ3n) is 3.54. The maximum atomic E-state index is 11.8. The van der Waals surface area contributed by atoms with Gasteiger partial charge in [-0.2, -0.15) is 5.10 Å². The Morgan fingerprint density at radius 3 is 2.69 bits per heavy atom. The lowest BCUT2D eigenvalue weighted by atomic mass is 10.2. The van der Waals surface area contributed by atoms with E-state index in [1.807, 2.05) is 48.5 Å². The van der Waals surface area contributed by atoms with Crippen molar-refractivity contribution in [3.05, 3.63) is 87.8 Å². The quantitative estimate of drug-likeness (QED) is 0.471. The lowest BCUT2D eigenvalue weighted by Crippen LogP contribution is -2.16. The van der Waals surface area contributed by atoms with Gasteiger partial charge in [-0.3, -0.25) is 4.79 Å². The fourth-order valence-corrected chi connectivity index (χ4v) is 2.74. The summed E-state index contributed by atoms with van der Waals surface area (Å²) in [5, 5.41) is 3.95. The molecule has 26 heavy (non-hydrogen) atoms. The maximum absolute atomic E-state index is 11.8. The van der Waals surface area contributed by atoms with Crippen LogP contribution >= 0.6 is 15.9 Å². The first-order valence-electron chi connectivity index (χ1n) is 7.98. The van der Waals surface area contributed by atoms with E-state index >= 15 is 0 Å². The lowest BCUT2D eigenvalue weighted by Gasteiger charge is -2.08. The molecule has 0 aliphatic carbocycles. The summed E-state index contributed by atoms with van der Waals surface area (Å²) in [6, 6.07) is 18.9. The predicted molar refractivity (Wildman–Crippen MR) is 103 cm³/mol. The van der Waals surface area contributed by atoms with Crippen LogP contribution in [0, 0.1) is 6.92 Å². The Bertz CT molecular complexity index is 920. The molecule has 0 spiro atoms. The number of hydrogen-bond donors (Lipinski definition) is 1. The normalized spacial score (nSPS) is 10.8. The average molecular weight is 413 g/mol. The molecule has 5 nitrogen and oxygen atoms in total. The van der Waals surface area contributed by atoms with Crippen LogP contribution in [0.4, 0.5) is 0 Å². The highest BCUT2D eigenvalue weighted by atomic mass is 79.9. The second kappa shape index (κ2) is 8.49.